The molecule has 0 aliphatic carbocycles. The molecule has 15 heavy (non-hydrogen) atoms. The maximum atomic E-state index is 5.33. The van der Waals surface area contributed by atoms with Crippen LogP contribution in [0.3, 0.4) is 0 Å². The van der Waals surface area contributed by atoms with Gasteiger partial charge in [-0.25, -0.2) is 0 Å². The highest BCUT2D eigenvalue weighted by Crippen LogP contribution is 1.86. The van der Waals surface area contributed by atoms with Crippen LogP contribution < -0.4 is 5.32 Å². The Morgan fingerprint density at radius 2 is 1.33 bits per heavy atom. The minimum absolute atomic E-state index is 0. The summed E-state index contributed by atoms with van der Waals surface area (Å²) in [5, 5.41) is 3.12. The zero-order chi connectivity index (χ0) is 9.40. The lowest BCUT2D eigenvalue weighted by Gasteiger charge is -2.10. The van der Waals surface area contributed by atoms with E-state index in [9.17, 15) is 0 Å². The summed E-state index contributed by atoms with van der Waals surface area (Å²) in [5.41, 5.74) is 0. The predicted octanol–water partition coefficient (Wildman–Crippen LogP) is 3.29. The van der Waals surface area contributed by atoms with Crippen LogP contribution in [0.15, 0.2) is 0 Å². The molecule has 0 aliphatic heterocycles. The van der Waals surface area contributed by atoms with Crippen molar-refractivity contribution in [2.45, 2.75) is 62.2 Å². The van der Waals surface area contributed by atoms with E-state index < -0.39 is 0 Å². The highest BCUT2D eigenvalue weighted by Gasteiger charge is 1.93. The summed E-state index contributed by atoms with van der Waals surface area (Å²) in [6, 6.07) is 0. The first kappa shape index (κ1) is 24.2. The van der Waals surface area contributed by atoms with E-state index in [0.717, 1.165) is 13.2 Å². The third-order valence-electron chi connectivity index (χ3n) is 1.25. The molecule has 0 bridgehead atoms. The molecule has 98 valence electrons. The molecule has 0 aromatic carbocycles. The van der Waals surface area contributed by atoms with Crippen molar-refractivity contribution in [2.75, 3.05) is 19.9 Å². The van der Waals surface area contributed by atoms with Crippen molar-refractivity contribution >= 4 is 0 Å². The number of ether oxygens (including phenoxy) is 2. The van der Waals surface area contributed by atoms with E-state index in [0.29, 0.717) is 18.9 Å². The molecule has 0 unspecified atom stereocenters. The normalized spacial score (nSPS) is 9.20. The van der Waals surface area contributed by atoms with E-state index in [4.69, 9.17) is 9.47 Å². The van der Waals surface area contributed by atoms with Gasteiger partial charge >= 0.3 is 0 Å². The van der Waals surface area contributed by atoms with Crippen molar-refractivity contribution in [2.24, 2.45) is 0 Å². The monoisotopic (exact) mass is 223 g/mol. The summed E-state index contributed by atoms with van der Waals surface area (Å²) in [7, 11) is 0. The molecule has 0 aliphatic rings. The van der Waals surface area contributed by atoms with Gasteiger partial charge < -0.3 is 9.47 Å². The first-order valence-corrected chi connectivity index (χ1v) is 4.57. The first-order valence-electron chi connectivity index (χ1n) is 4.57. The molecule has 0 heterocycles. The van der Waals surface area contributed by atoms with Gasteiger partial charge in [0.15, 0.2) is 0 Å². The fourth-order valence-corrected chi connectivity index (χ4v) is 0.665. The maximum Gasteiger partial charge on any atom is 0.0969 e. The molecule has 0 aromatic rings. The summed E-state index contributed by atoms with van der Waals surface area (Å²) in [4.78, 5) is 0. The zero-order valence-corrected chi connectivity index (χ0v) is 8.59. The number of hydrogen-bond donors (Lipinski definition) is 1. The summed E-state index contributed by atoms with van der Waals surface area (Å²) in [6.45, 7) is 10.3. The quantitative estimate of drug-likeness (QED) is 0.530. The van der Waals surface area contributed by atoms with Crippen LogP contribution in [0.4, 0.5) is 0 Å². The molecule has 0 saturated carbocycles. The zero-order valence-electron chi connectivity index (χ0n) is 8.59. The minimum Gasteiger partial charge on any atom is -0.377 e. The fraction of sp³-hybridized carbons (Fsp3) is 1.00. The Kier molecular flexibility index (Phi) is 26.3. The van der Waals surface area contributed by atoms with Crippen LogP contribution in [0, 0.1) is 0 Å². The summed E-state index contributed by atoms with van der Waals surface area (Å²) in [5.74, 6) is 0. The van der Waals surface area contributed by atoms with Crippen LogP contribution in [-0.2, 0) is 9.47 Å². The van der Waals surface area contributed by atoms with Crippen LogP contribution in [0.2, 0.25) is 0 Å². The summed E-state index contributed by atoms with van der Waals surface area (Å²) >= 11 is 0. The Morgan fingerprint density at radius 1 is 0.867 bits per heavy atom. The number of hydrogen-bond acceptors (Lipinski definition) is 3. The lowest BCUT2D eigenvalue weighted by molar-refractivity contribution is 0.0465. The van der Waals surface area contributed by atoms with Crippen LogP contribution in [0.5, 0.6) is 0 Å². The van der Waals surface area contributed by atoms with Gasteiger partial charge in [-0.1, -0.05) is 22.3 Å². The van der Waals surface area contributed by atoms with Crippen LogP contribution in [0.25, 0.3) is 0 Å². The molecule has 0 amide bonds. The second-order valence-electron chi connectivity index (χ2n) is 3.28. The number of rotatable bonds is 7. The van der Waals surface area contributed by atoms with Crippen LogP contribution in [0.1, 0.15) is 50.0 Å². The smallest absolute Gasteiger partial charge is 0.0969 e. The third kappa shape index (κ3) is 24.8. The Labute approximate surface area is 97.5 Å². The molecule has 3 nitrogen and oxygen atoms in total. The van der Waals surface area contributed by atoms with E-state index >= 15 is 0 Å². The Balaban J connectivity index is -0.000000202. The summed E-state index contributed by atoms with van der Waals surface area (Å²) < 4.78 is 10.6. The van der Waals surface area contributed by atoms with Crippen molar-refractivity contribution in [3.8, 4) is 0 Å². The topological polar surface area (TPSA) is 30.5 Å². The van der Waals surface area contributed by atoms with Gasteiger partial charge in [-0.15, -0.1) is 0 Å². The molecule has 1 N–H and O–H groups in total. The highest BCUT2D eigenvalue weighted by molar-refractivity contribution is 4.42. The third-order valence-corrected chi connectivity index (χ3v) is 1.25. The van der Waals surface area contributed by atoms with E-state index in [-0.39, 0.29) is 22.3 Å². The molecule has 3 heteroatoms. The van der Waals surface area contributed by atoms with Gasteiger partial charge in [0.25, 0.3) is 0 Å². The summed E-state index contributed by atoms with van der Waals surface area (Å²) in [6.07, 6.45) is 0.612. The van der Waals surface area contributed by atoms with Gasteiger partial charge in [0.1, 0.15) is 0 Å². The van der Waals surface area contributed by atoms with E-state index in [2.05, 4.69) is 5.32 Å². The average Bonchev–Trinajstić information content (AvgIpc) is 1.95. The fourth-order valence-electron chi connectivity index (χ4n) is 0.665. The number of nitrogens with one attached hydrogen (secondary N) is 1. The largest absolute Gasteiger partial charge is 0.377 e. The van der Waals surface area contributed by atoms with Crippen molar-refractivity contribution in [1.29, 1.82) is 0 Å². The SMILES string of the molecule is C.C.C.CC(C)OCCNCOC(C)C. The molecule has 0 saturated heterocycles. The molecule has 0 spiro atoms. The lowest BCUT2D eigenvalue weighted by Crippen LogP contribution is -2.25. The standard InChI is InChI=1S/C9H21NO2.3CH4/c1-8(2)11-6-5-10-7-12-9(3)4;;;/h8-10H,5-7H2,1-4H3;3*1H4. The van der Waals surface area contributed by atoms with Crippen molar-refractivity contribution in [3.63, 3.8) is 0 Å². The second-order valence-corrected chi connectivity index (χ2v) is 3.28. The lowest BCUT2D eigenvalue weighted by atomic mass is 10.5. The van der Waals surface area contributed by atoms with Crippen LogP contribution >= 0.6 is 0 Å². The van der Waals surface area contributed by atoms with Crippen molar-refractivity contribution < 1.29 is 9.47 Å². The van der Waals surface area contributed by atoms with Gasteiger partial charge in [-0.3, -0.25) is 5.32 Å². The van der Waals surface area contributed by atoms with Gasteiger partial charge in [-0.2, -0.15) is 0 Å². The van der Waals surface area contributed by atoms with Gasteiger partial charge in [0, 0.05) is 6.54 Å². The van der Waals surface area contributed by atoms with Crippen LogP contribution in [-0.4, -0.2) is 32.1 Å². The molecular formula is C12H33NO2. The minimum atomic E-state index is 0. The van der Waals surface area contributed by atoms with E-state index in [1.807, 2.05) is 27.7 Å². The van der Waals surface area contributed by atoms with E-state index in [1.54, 1.807) is 0 Å². The molecule has 0 radical (unpaired) electrons. The Hall–Kier alpha value is -0.120. The van der Waals surface area contributed by atoms with Crippen molar-refractivity contribution in [1.82, 2.24) is 5.32 Å². The highest BCUT2D eigenvalue weighted by atomic mass is 16.5. The molecule has 0 fully saturated rings. The molecule has 0 atom stereocenters. The molecule has 0 aromatic heterocycles. The molecular weight excluding hydrogens is 190 g/mol. The Morgan fingerprint density at radius 3 is 1.73 bits per heavy atom. The van der Waals surface area contributed by atoms with Gasteiger partial charge in [0.2, 0.25) is 0 Å². The molecule has 0 rings (SSSR count). The van der Waals surface area contributed by atoms with Gasteiger partial charge in [0.05, 0.1) is 25.5 Å². The average molecular weight is 223 g/mol. The Bertz CT molecular complexity index is 83.6. The maximum absolute atomic E-state index is 5.33. The van der Waals surface area contributed by atoms with Crippen molar-refractivity contribution in [3.05, 3.63) is 0 Å². The first-order chi connectivity index (χ1) is 5.63. The van der Waals surface area contributed by atoms with Gasteiger partial charge in [-0.05, 0) is 27.7 Å². The van der Waals surface area contributed by atoms with E-state index in [1.165, 1.54) is 0 Å². The predicted molar refractivity (Wildman–Crippen MR) is 70.4 cm³/mol. The second kappa shape index (κ2) is 16.3.